The van der Waals surface area contributed by atoms with Gasteiger partial charge in [-0.05, 0) is 38.3 Å². The van der Waals surface area contributed by atoms with E-state index in [2.05, 4.69) is 14.9 Å². The first-order chi connectivity index (χ1) is 8.38. The van der Waals surface area contributed by atoms with Crippen LogP contribution in [0.4, 0.5) is 0 Å². The van der Waals surface area contributed by atoms with Crippen molar-refractivity contribution in [2.45, 2.75) is 38.1 Å². The highest BCUT2D eigenvalue weighted by atomic mass is 16.3. The highest BCUT2D eigenvalue weighted by Gasteiger charge is 2.24. The molecule has 1 saturated heterocycles. The predicted octanol–water partition coefficient (Wildman–Crippen LogP) is 0.905. The molecule has 2 aliphatic heterocycles. The molecule has 94 valence electrons. The number of hydrogen-bond acceptors (Lipinski definition) is 3. The number of hydrogen-bond donors (Lipinski definition) is 2. The van der Waals surface area contributed by atoms with E-state index in [0.717, 1.165) is 38.4 Å². The Bertz CT molecular complexity index is 382. The maximum atomic E-state index is 9.38. The summed E-state index contributed by atoms with van der Waals surface area (Å²) in [7, 11) is 0. The van der Waals surface area contributed by atoms with E-state index in [-0.39, 0.29) is 6.61 Å². The van der Waals surface area contributed by atoms with Crippen molar-refractivity contribution in [3.63, 3.8) is 0 Å². The zero-order valence-corrected chi connectivity index (χ0v) is 10.2. The van der Waals surface area contributed by atoms with Crippen LogP contribution in [0.25, 0.3) is 0 Å². The topological polar surface area (TPSA) is 50.1 Å². The van der Waals surface area contributed by atoms with Gasteiger partial charge in [0, 0.05) is 30.8 Å². The van der Waals surface area contributed by atoms with Crippen LogP contribution in [-0.2, 0) is 13.0 Å². The molecule has 3 rings (SSSR count). The van der Waals surface area contributed by atoms with Gasteiger partial charge >= 0.3 is 0 Å². The molecule has 0 aliphatic carbocycles. The Morgan fingerprint density at radius 1 is 1.47 bits per heavy atom. The summed E-state index contributed by atoms with van der Waals surface area (Å²) >= 11 is 0. The molecule has 1 aromatic rings. The number of aliphatic hydroxyl groups is 1. The molecule has 2 atom stereocenters. The Morgan fingerprint density at radius 2 is 2.41 bits per heavy atom. The van der Waals surface area contributed by atoms with Crippen molar-refractivity contribution in [1.82, 2.24) is 14.9 Å². The molecule has 0 saturated carbocycles. The second-order valence-electron chi connectivity index (χ2n) is 5.34. The van der Waals surface area contributed by atoms with Crippen LogP contribution < -0.4 is 5.32 Å². The maximum absolute atomic E-state index is 9.38. The van der Waals surface area contributed by atoms with E-state index in [1.807, 2.05) is 6.20 Å². The molecule has 2 aliphatic rings. The fourth-order valence-corrected chi connectivity index (χ4v) is 3.15. The minimum absolute atomic E-state index is 0.260. The lowest BCUT2D eigenvalue weighted by atomic mass is 9.97. The lowest BCUT2D eigenvalue weighted by Crippen LogP contribution is -2.21. The summed E-state index contributed by atoms with van der Waals surface area (Å²) < 4.78 is 2.35. The fraction of sp³-hybridized carbons (Fsp3) is 0.769. The van der Waals surface area contributed by atoms with Crippen molar-refractivity contribution < 1.29 is 5.11 Å². The summed E-state index contributed by atoms with van der Waals surface area (Å²) in [5.41, 5.74) is 1.25. The highest BCUT2D eigenvalue weighted by Crippen LogP contribution is 2.28. The second-order valence-corrected chi connectivity index (χ2v) is 5.34. The quantitative estimate of drug-likeness (QED) is 0.818. The van der Waals surface area contributed by atoms with Crippen molar-refractivity contribution in [1.29, 1.82) is 0 Å². The van der Waals surface area contributed by atoms with Gasteiger partial charge in [0.1, 0.15) is 5.82 Å². The van der Waals surface area contributed by atoms with Crippen LogP contribution in [-0.4, -0.2) is 34.4 Å². The lowest BCUT2D eigenvalue weighted by molar-refractivity contribution is 0.240. The Kier molecular flexibility index (Phi) is 3.16. The van der Waals surface area contributed by atoms with Crippen molar-refractivity contribution in [2.75, 3.05) is 19.7 Å². The molecule has 0 aromatic carbocycles. The van der Waals surface area contributed by atoms with Gasteiger partial charge in [-0.1, -0.05) is 0 Å². The summed E-state index contributed by atoms with van der Waals surface area (Å²) in [6.07, 6.45) is 6.62. The average Bonchev–Trinajstić information content (AvgIpc) is 2.99. The lowest BCUT2D eigenvalue weighted by Gasteiger charge is -2.24. The van der Waals surface area contributed by atoms with E-state index in [1.165, 1.54) is 24.4 Å². The summed E-state index contributed by atoms with van der Waals surface area (Å²) in [5.74, 6) is 2.29. The molecule has 2 unspecified atom stereocenters. The molecule has 0 radical (unpaired) electrons. The van der Waals surface area contributed by atoms with Gasteiger partial charge in [0.15, 0.2) is 0 Å². The van der Waals surface area contributed by atoms with Crippen LogP contribution >= 0.6 is 0 Å². The van der Waals surface area contributed by atoms with E-state index in [9.17, 15) is 5.11 Å². The fourth-order valence-electron chi connectivity index (χ4n) is 3.15. The number of aliphatic hydroxyl groups excluding tert-OH is 1. The number of imidazole rings is 1. The highest BCUT2D eigenvalue weighted by molar-refractivity contribution is 5.14. The number of nitrogens with zero attached hydrogens (tertiary/aromatic N) is 2. The molecule has 4 heteroatoms. The summed E-state index contributed by atoms with van der Waals surface area (Å²) in [6, 6.07) is 0. The number of nitrogens with one attached hydrogen (secondary N) is 1. The van der Waals surface area contributed by atoms with Crippen LogP contribution in [0, 0.1) is 5.92 Å². The molecular formula is C13H21N3O. The maximum Gasteiger partial charge on any atom is 0.109 e. The molecule has 0 spiro atoms. The first kappa shape index (κ1) is 11.2. The molecule has 1 fully saturated rings. The average molecular weight is 235 g/mol. The summed E-state index contributed by atoms with van der Waals surface area (Å²) in [6.45, 7) is 3.63. The van der Waals surface area contributed by atoms with Crippen molar-refractivity contribution >= 4 is 0 Å². The van der Waals surface area contributed by atoms with E-state index in [1.54, 1.807) is 0 Å². The molecule has 3 heterocycles. The second kappa shape index (κ2) is 4.78. The van der Waals surface area contributed by atoms with Crippen molar-refractivity contribution in [3.05, 3.63) is 17.7 Å². The largest absolute Gasteiger partial charge is 0.396 e. The Labute approximate surface area is 102 Å². The van der Waals surface area contributed by atoms with Crippen LogP contribution in [0.2, 0.25) is 0 Å². The van der Waals surface area contributed by atoms with Crippen molar-refractivity contribution in [2.24, 2.45) is 5.92 Å². The zero-order valence-electron chi connectivity index (χ0n) is 10.2. The SMILES string of the molecule is OCC1CCCn2c1cnc2CC1CCNC1. The molecule has 1 aromatic heterocycles. The van der Waals surface area contributed by atoms with Crippen LogP contribution in [0.5, 0.6) is 0 Å². The first-order valence-corrected chi connectivity index (χ1v) is 6.74. The number of fused-ring (bicyclic) bond motifs is 1. The Morgan fingerprint density at radius 3 is 3.18 bits per heavy atom. The first-order valence-electron chi connectivity index (χ1n) is 6.74. The van der Waals surface area contributed by atoms with E-state index in [0.29, 0.717) is 5.92 Å². The molecule has 17 heavy (non-hydrogen) atoms. The van der Waals surface area contributed by atoms with Gasteiger partial charge in [-0.25, -0.2) is 4.98 Å². The van der Waals surface area contributed by atoms with Gasteiger partial charge in [-0.3, -0.25) is 0 Å². The molecule has 4 nitrogen and oxygen atoms in total. The zero-order chi connectivity index (χ0) is 11.7. The molecule has 0 bridgehead atoms. The van der Waals surface area contributed by atoms with Crippen LogP contribution in [0.15, 0.2) is 6.20 Å². The van der Waals surface area contributed by atoms with Crippen LogP contribution in [0.3, 0.4) is 0 Å². The van der Waals surface area contributed by atoms with Crippen LogP contribution in [0.1, 0.15) is 36.7 Å². The van der Waals surface area contributed by atoms with E-state index < -0.39 is 0 Å². The van der Waals surface area contributed by atoms with E-state index >= 15 is 0 Å². The molecule has 0 amide bonds. The minimum Gasteiger partial charge on any atom is -0.396 e. The monoisotopic (exact) mass is 235 g/mol. The van der Waals surface area contributed by atoms with E-state index in [4.69, 9.17) is 0 Å². The normalized spacial score (nSPS) is 28.3. The predicted molar refractivity (Wildman–Crippen MR) is 66.0 cm³/mol. The van der Waals surface area contributed by atoms with Crippen molar-refractivity contribution in [3.8, 4) is 0 Å². The van der Waals surface area contributed by atoms with Gasteiger partial charge in [0.2, 0.25) is 0 Å². The summed E-state index contributed by atoms with van der Waals surface area (Å²) in [4.78, 5) is 4.58. The molecular weight excluding hydrogens is 214 g/mol. The Hall–Kier alpha value is -0.870. The molecule has 2 N–H and O–H groups in total. The van der Waals surface area contributed by atoms with Gasteiger partial charge < -0.3 is 15.0 Å². The number of aromatic nitrogens is 2. The third-order valence-electron chi connectivity index (χ3n) is 4.18. The van der Waals surface area contributed by atoms with Gasteiger partial charge in [-0.15, -0.1) is 0 Å². The minimum atomic E-state index is 0.260. The summed E-state index contributed by atoms with van der Waals surface area (Å²) in [5, 5.41) is 12.8. The Balaban J connectivity index is 1.79. The standard InChI is InChI=1S/C13H21N3O/c17-9-11-2-1-5-16-12(11)8-15-13(16)6-10-3-4-14-7-10/h8,10-11,14,17H,1-7,9H2. The van der Waals surface area contributed by atoms with Gasteiger partial charge in [0.05, 0.1) is 6.61 Å². The number of rotatable bonds is 3. The van der Waals surface area contributed by atoms with Gasteiger partial charge in [-0.2, -0.15) is 0 Å². The third kappa shape index (κ3) is 2.11. The smallest absolute Gasteiger partial charge is 0.109 e. The van der Waals surface area contributed by atoms with Gasteiger partial charge in [0.25, 0.3) is 0 Å². The third-order valence-corrected chi connectivity index (χ3v) is 4.18.